The molecule has 4 aromatic rings. The lowest BCUT2D eigenvalue weighted by atomic mass is 10.0. The van der Waals surface area contributed by atoms with Gasteiger partial charge in [-0.15, -0.1) is 11.3 Å². The molecule has 0 bridgehead atoms. The maximum absolute atomic E-state index is 16.6. The number of benzene rings is 1. The summed E-state index contributed by atoms with van der Waals surface area (Å²) in [5, 5.41) is 16.1. The second kappa shape index (κ2) is 10.5. The lowest BCUT2D eigenvalue weighted by molar-refractivity contribution is 0.612. The Hall–Kier alpha value is -3.66. The number of fused-ring (bicyclic) bond motifs is 2. The molecule has 2 aliphatic heterocycles. The minimum Gasteiger partial charge on any atom is -0.389 e. The first-order valence-electron chi connectivity index (χ1n) is 13.2. The van der Waals surface area contributed by atoms with E-state index in [9.17, 15) is 9.65 Å². The number of nitriles is 1. The number of nitrogens with two attached hydrogens (primary N) is 1. The molecule has 9 nitrogen and oxygen atoms in total. The Bertz CT molecular complexity index is 1590. The van der Waals surface area contributed by atoms with Crippen molar-refractivity contribution < 1.29 is 8.78 Å². The average molecular weight is 550 g/mol. The van der Waals surface area contributed by atoms with Gasteiger partial charge in [0, 0.05) is 49.4 Å². The van der Waals surface area contributed by atoms with Crippen LogP contribution in [0.4, 0.5) is 25.5 Å². The number of aromatic nitrogens is 3. The van der Waals surface area contributed by atoms with E-state index in [2.05, 4.69) is 27.6 Å². The molecule has 3 aromatic heterocycles. The van der Waals surface area contributed by atoms with Crippen molar-refractivity contribution in [2.24, 2.45) is 0 Å². The molecule has 0 aliphatic carbocycles. The third-order valence-corrected chi connectivity index (χ3v) is 8.46. The van der Waals surface area contributed by atoms with Crippen LogP contribution in [0, 0.1) is 23.0 Å². The van der Waals surface area contributed by atoms with E-state index < -0.39 is 11.6 Å². The Kier molecular flexibility index (Phi) is 6.88. The number of hydrogen-bond donors (Lipinski definition) is 3. The van der Waals surface area contributed by atoms with E-state index >= 15 is 4.39 Å². The minimum absolute atomic E-state index is 0.00759. The normalized spacial score (nSPS) is 18.8. The summed E-state index contributed by atoms with van der Waals surface area (Å²) in [5.74, 6) is -0.121. The molecule has 2 aliphatic rings. The zero-order valence-corrected chi connectivity index (χ0v) is 22.4. The lowest BCUT2D eigenvalue weighted by Crippen LogP contribution is -2.41. The Morgan fingerprint density at radius 2 is 2.00 bits per heavy atom. The molecule has 39 heavy (non-hydrogen) atoms. The summed E-state index contributed by atoms with van der Waals surface area (Å²) < 4.78 is 31.4. The van der Waals surface area contributed by atoms with Crippen molar-refractivity contribution in [2.45, 2.75) is 38.6 Å². The highest BCUT2D eigenvalue weighted by Gasteiger charge is 2.27. The SMILES string of the molecule is C[C@H]1CNCCCN1c1nc(N2CCCCCN2)c2cnc(-c3ccc(F)c4sc(N)c(C#N)c34)c(F)c2n1. The van der Waals surface area contributed by atoms with Gasteiger partial charge in [0.25, 0.3) is 0 Å². The Morgan fingerprint density at radius 1 is 1.13 bits per heavy atom. The molecule has 0 amide bonds. The van der Waals surface area contributed by atoms with Gasteiger partial charge < -0.3 is 16.0 Å². The predicted octanol–water partition coefficient (Wildman–Crippen LogP) is 4.32. The van der Waals surface area contributed by atoms with Gasteiger partial charge in [-0.1, -0.05) is 6.42 Å². The van der Waals surface area contributed by atoms with E-state index in [-0.39, 0.29) is 37.9 Å². The highest BCUT2D eigenvalue weighted by atomic mass is 32.1. The predicted molar refractivity (Wildman–Crippen MR) is 151 cm³/mol. The van der Waals surface area contributed by atoms with Gasteiger partial charge in [-0.25, -0.2) is 19.2 Å². The van der Waals surface area contributed by atoms with Crippen molar-refractivity contribution in [1.29, 1.82) is 5.26 Å². The van der Waals surface area contributed by atoms with Crippen molar-refractivity contribution in [3.8, 4) is 17.3 Å². The number of hydrogen-bond acceptors (Lipinski definition) is 10. The summed E-state index contributed by atoms with van der Waals surface area (Å²) >= 11 is 0.972. The summed E-state index contributed by atoms with van der Waals surface area (Å²) in [4.78, 5) is 16.3. The maximum atomic E-state index is 16.6. The average Bonchev–Trinajstić information content (AvgIpc) is 3.11. The van der Waals surface area contributed by atoms with Crippen LogP contribution in [0.1, 0.15) is 38.2 Å². The molecule has 1 atom stereocenters. The van der Waals surface area contributed by atoms with Gasteiger partial charge in [-0.2, -0.15) is 10.2 Å². The molecular formula is C27H29F2N9S. The minimum atomic E-state index is -0.644. The molecule has 5 heterocycles. The summed E-state index contributed by atoms with van der Waals surface area (Å²) in [7, 11) is 0. The number of nitrogens with one attached hydrogen (secondary N) is 2. The van der Waals surface area contributed by atoms with E-state index in [1.165, 1.54) is 12.1 Å². The number of hydrazine groups is 1. The second-order valence-corrected chi connectivity index (χ2v) is 11.1. The number of thiophene rings is 1. The molecule has 1 aromatic carbocycles. The zero-order chi connectivity index (χ0) is 27.1. The topological polar surface area (TPSA) is 119 Å². The van der Waals surface area contributed by atoms with Crippen LogP contribution in [0.25, 0.3) is 32.2 Å². The summed E-state index contributed by atoms with van der Waals surface area (Å²) in [6.45, 7) is 6.02. The first kappa shape index (κ1) is 25.6. The zero-order valence-electron chi connectivity index (χ0n) is 21.6. The van der Waals surface area contributed by atoms with Crippen LogP contribution in [0.2, 0.25) is 0 Å². The fourth-order valence-electron chi connectivity index (χ4n) is 5.41. The fraction of sp³-hybridized carbons (Fsp3) is 0.407. The second-order valence-electron chi connectivity index (χ2n) is 10.0. The van der Waals surface area contributed by atoms with Crippen molar-refractivity contribution in [3.05, 3.63) is 35.5 Å². The number of nitrogen functional groups attached to an aromatic ring is 1. The van der Waals surface area contributed by atoms with Crippen molar-refractivity contribution in [1.82, 2.24) is 25.7 Å². The van der Waals surface area contributed by atoms with Crippen molar-refractivity contribution in [2.75, 3.05) is 48.4 Å². The van der Waals surface area contributed by atoms with E-state index in [1.54, 1.807) is 6.20 Å². The van der Waals surface area contributed by atoms with Crippen LogP contribution in [-0.4, -0.2) is 53.7 Å². The van der Waals surface area contributed by atoms with E-state index in [4.69, 9.17) is 15.7 Å². The van der Waals surface area contributed by atoms with Gasteiger partial charge >= 0.3 is 0 Å². The highest BCUT2D eigenvalue weighted by molar-refractivity contribution is 7.23. The standard InChI is InChI=1S/C27H29F2N9S/c1-15-13-32-8-5-10-37(15)27-35-23-18(26(36-27)38-11-4-2-3-9-34-38)14-33-22(21(23)29)16-6-7-19(28)24-20(16)17(12-30)25(31)39-24/h6-7,14-15,32,34H,2-5,8-11,13,31H2,1H3/t15-/m0/s1. The molecule has 202 valence electrons. The third kappa shape index (κ3) is 4.50. The molecule has 12 heteroatoms. The van der Waals surface area contributed by atoms with Crippen LogP contribution in [0.5, 0.6) is 0 Å². The third-order valence-electron chi connectivity index (χ3n) is 7.44. The smallest absolute Gasteiger partial charge is 0.228 e. The first-order chi connectivity index (χ1) is 19.0. The molecule has 2 fully saturated rings. The highest BCUT2D eigenvalue weighted by Crippen LogP contribution is 2.42. The number of pyridine rings is 1. The van der Waals surface area contributed by atoms with Crippen LogP contribution in [-0.2, 0) is 0 Å². The number of halogens is 2. The Balaban J connectivity index is 1.59. The number of rotatable bonds is 3. The van der Waals surface area contributed by atoms with Gasteiger partial charge in [-0.3, -0.25) is 9.99 Å². The Morgan fingerprint density at radius 3 is 2.85 bits per heavy atom. The van der Waals surface area contributed by atoms with Gasteiger partial charge in [-0.05, 0) is 44.9 Å². The van der Waals surface area contributed by atoms with Gasteiger partial charge in [0.2, 0.25) is 5.95 Å². The van der Waals surface area contributed by atoms with Crippen molar-refractivity contribution in [3.63, 3.8) is 0 Å². The number of anilines is 3. The van der Waals surface area contributed by atoms with E-state index in [0.29, 0.717) is 22.7 Å². The van der Waals surface area contributed by atoms with Crippen LogP contribution >= 0.6 is 11.3 Å². The largest absolute Gasteiger partial charge is 0.389 e. The molecule has 4 N–H and O–H groups in total. The quantitative estimate of drug-likeness (QED) is 0.343. The van der Waals surface area contributed by atoms with Gasteiger partial charge in [0.05, 0.1) is 15.6 Å². The molecule has 0 saturated carbocycles. The first-order valence-corrected chi connectivity index (χ1v) is 14.0. The monoisotopic (exact) mass is 549 g/mol. The molecule has 0 unspecified atom stereocenters. The molecular weight excluding hydrogens is 520 g/mol. The van der Waals surface area contributed by atoms with Gasteiger partial charge in [0.15, 0.2) is 11.6 Å². The fourth-order valence-corrected chi connectivity index (χ4v) is 6.36. The lowest BCUT2D eigenvalue weighted by Gasteiger charge is -2.29. The van der Waals surface area contributed by atoms with Crippen molar-refractivity contribution >= 4 is 49.1 Å². The summed E-state index contributed by atoms with van der Waals surface area (Å²) in [6, 6.07) is 4.86. The summed E-state index contributed by atoms with van der Waals surface area (Å²) in [5.41, 5.74) is 10.0. The molecule has 0 radical (unpaired) electrons. The van der Waals surface area contributed by atoms with Crippen LogP contribution in [0.3, 0.4) is 0 Å². The van der Waals surface area contributed by atoms with Crippen LogP contribution in [0.15, 0.2) is 18.3 Å². The summed E-state index contributed by atoms with van der Waals surface area (Å²) in [6.07, 6.45) is 5.61. The van der Waals surface area contributed by atoms with E-state index in [1.807, 2.05) is 11.1 Å². The maximum Gasteiger partial charge on any atom is 0.228 e. The Labute approximate surface area is 228 Å². The van der Waals surface area contributed by atoms with E-state index in [0.717, 1.165) is 69.7 Å². The molecule has 2 saturated heterocycles. The number of nitrogens with zero attached hydrogens (tertiary/aromatic N) is 6. The molecule has 0 spiro atoms. The van der Waals surface area contributed by atoms with Crippen LogP contribution < -0.4 is 26.4 Å². The van der Waals surface area contributed by atoms with Gasteiger partial charge in [0.1, 0.15) is 28.1 Å². The molecule has 6 rings (SSSR count).